The number of hydrogen-bond acceptors (Lipinski definition) is 6. The Hall–Kier alpha value is -3.67. The highest BCUT2D eigenvalue weighted by atomic mass is 16.6. The van der Waals surface area contributed by atoms with Crippen LogP contribution < -0.4 is 0 Å². The molecule has 0 heterocycles. The highest BCUT2D eigenvalue weighted by Gasteiger charge is 2.19. The van der Waals surface area contributed by atoms with Crippen LogP contribution in [0.3, 0.4) is 0 Å². The molecule has 478 valence electrons. The molecule has 0 N–H and O–H groups in total. The molecule has 6 heteroatoms. The summed E-state index contributed by atoms with van der Waals surface area (Å²) in [6, 6.07) is 0. The summed E-state index contributed by atoms with van der Waals surface area (Å²) in [5.74, 6) is -0.900. The zero-order valence-electron chi connectivity index (χ0n) is 54.9. The maximum Gasteiger partial charge on any atom is 0.306 e. The molecule has 0 radical (unpaired) electrons. The van der Waals surface area contributed by atoms with Crippen molar-refractivity contribution in [2.45, 2.75) is 361 Å². The third-order valence-electron chi connectivity index (χ3n) is 15.6. The quantitative estimate of drug-likeness (QED) is 0.0261. The van der Waals surface area contributed by atoms with E-state index in [-0.39, 0.29) is 31.1 Å². The summed E-state index contributed by atoms with van der Waals surface area (Å²) < 4.78 is 17.0. The molecule has 0 bridgehead atoms. The molecule has 83 heavy (non-hydrogen) atoms. The number of carbonyl (C=O) groups is 3. The monoisotopic (exact) mass is 1160 g/mol. The Bertz CT molecular complexity index is 1610. The average Bonchev–Trinajstić information content (AvgIpc) is 3.49. The minimum atomic E-state index is -0.791. The van der Waals surface area contributed by atoms with Crippen LogP contribution in [-0.2, 0) is 28.6 Å². The fourth-order valence-electron chi connectivity index (χ4n) is 10.3. The first-order valence-corrected chi connectivity index (χ1v) is 35.7. The Morgan fingerprint density at radius 3 is 0.759 bits per heavy atom. The number of carbonyl (C=O) groups excluding carboxylic acids is 3. The van der Waals surface area contributed by atoms with Crippen molar-refractivity contribution >= 4 is 17.9 Å². The molecule has 1 unspecified atom stereocenters. The summed E-state index contributed by atoms with van der Waals surface area (Å²) in [6.07, 6.45) is 95.9. The summed E-state index contributed by atoms with van der Waals surface area (Å²) in [6.45, 7) is 6.43. The minimum Gasteiger partial charge on any atom is -0.462 e. The van der Waals surface area contributed by atoms with Gasteiger partial charge in [0.15, 0.2) is 6.10 Å². The van der Waals surface area contributed by atoms with Gasteiger partial charge in [0.2, 0.25) is 0 Å². The molecule has 0 amide bonds. The summed E-state index contributed by atoms with van der Waals surface area (Å²) >= 11 is 0. The molecule has 0 aromatic carbocycles. The lowest BCUT2D eigenvalue weighted by Crippen LogP contribution is -2.30. The van der Waals surface area contributed by atoms with Crippen molar-refractivity contribution in [2.75, 3.05) is 13.2 Å². The average molecular weight is 1160 g/mol. The van der Waals surface area contributed by atoms with E-state index in [9.17, 15) is 14.4 Å². The van der Waals surface area contributed by atoms with Crippen LogP contribution in [0.15, 0.2) is 97.2 Å². The Balaban J connectivity index is 4.22. The SMILES string of the molecule is CC/C=C\C/C=C\C/C=C\C/C=C\CCCCCCCCCCCCCCCCCCCCC(=O)OCC(COC(=O)CCCCC/C=C\C/C=C\C/C=C\CC)OC(=O)CCCCCCCCCCC/C=C\CCCCCCCCCC. The first-order valence-electron chi connectivity index (χ1n) is 35.7. The summed E-state index contributed by atoms with van der Waals surface area (Å²) in [7, 11) is 0. The van der Waals surface area contributed by atoms with Crippen LogP contribution in [0.1, 0.15) is 355 Å². The van der Waals surface area contributed by atoms with Crippen molar-refractivity contribution in [3.63, 3.8) is 0 Å². The number of allylic oxidation sites excluding steroid dienone is 16. The van der Waals surface area contributed by atoms with Gasteiger partial charge < -0.3 is 14.2 Å². The van der Waals surface area contributed by atoms with Gasteiger partial charge in [-0.1, -0.05) is 317 Å². The molecule has 6 nitrogen and oxygen atoms in total. The second kappa shape index (κ2) is 70.8. The molecule has 0 fully saturated rings. The Kier molecular flexibility index (Phi) is 67.7. The van der Waals surface area contributed by atoms with Gasteiger partial charge in [-0.15, -0.1) is 0 Å². The maximum atomic E-state index is 12.9. The zero-order valence-corrected chi connectivity index (χ0v) is 54.9. The topological polar surface area (TPSA) is 78.9 Å². The number of rotatable bonds is 65. The van der Waals surface area contributed by atoms with Crippen LogP contribution in [0, 0.1) is 0 Å². The van der Waals surface area contributed by atoms with Gasteiger partial charge >= 0.3 is 17.9 Å². The predicted molar refractivity (Wildman–Crippen MR) is 362 cm³/mol. The van der Waals surface area contributed by atoms with Crippen molar-refractivity contribution in [1.82, 2.24) is 0 Å². The van der Waals surface area contributed by atoms with E-state index in [2.05, 4.69) is 118 Å². The maximum absolute atomic E-state index is 12.9. The van der Waals surface area contributed by atoms with Crippen LogP contribution in [0.5, 0.6) is 0 Å². The first kappa shape index (κ1) is 79.3. The number of ether oxygens (including phenoxy) is 3. The largest absolute Gasteiger partial charge is 0.462 e. The van der Waals surface area contributed by atoms with Gasteiger partial charge in [0, 0.05) is 19.3 Å². The van der Waals surface area contributed by atoms with Gasteiger partial charge in [-0.3, -0.25) is 14.4 Å². The van der Waals surface area contributed by atoms with Crippen molar-refractivity contribution < 1.29 is 28.6 Å². The molecule has 0 rings (SSSR count). The predicted octanol–water partition coefficient (Wildman–Crippen LogP) is 24.8. The molecular weight excluding hydrogens is 1020 g/mol. The standard InChI is InChI=1S/C77H134O6/c1-4-7-10-13-16-19-22-25-27-29-31-33-34-35-36-37-38-39-40-41-42-44-45-47-49-52-55-58-61-64-67-70-76(79)82-73-74(72-81-75(78)69-66-63-60-57-54-51-24-21-18-15-12-9-6-3)83-77(80)71-68-65-62-59-56-53-50-48-46-43-32-30-28-26-23-20-17-14-11-8-5-2/h7,9-10,12,16,18-19,21,25,27,30-33,51,54,74H,4-6,8,11,13-15,17,20,22-24,26,28-29,34-50,52-53,55-73H2,1-3H3/b10-7-,12-9-,19-16-,21-18-,27-25-,32-30-,33-31-,54-51-. The molecule has 0 aromatic heterocycles. The second-order valence-corrected chi connectivity index (χ2v) is 23.7. The van der Waals surface area contributed by atoms with E-state index in [0.717, 1.165) is 109 Å². The zero-order chi connectivity index (χ0) is 59.9. The number of unbranched alkanes of at least 4 members (excludes halogenated alkanes) is 38. The molecule has 1 atom stereocenters. The first-order chi connectivity index (χ1) is 41.0. The smallest absolute Gasteiger partial charge is 0.306 e. The van der Waals surface area contributed by atoms with Gasteiger partial charge in [-0.05, 0) is 116 Å². The van der Waals surface area contributed by atoms with E-state index in [4.69, 9.17) is 14.2 Å². The molecule has 0 aromatic rings. The van der Waals surface area contributed by atoms with Gasteiger partial charge in [0.25, 0.3) is 0 Å². The van der Waals surface area contributed by atoms with Gasteiger partial charge in [-0.2, -0.15) is 0 Å². The van der Waals surface area contributed by atoms with Crippen LogP contribution in [0.4, 0.5) is 0 Å². The molecule has 0 aliphatic heterocycles. The Labute approximate surface area is 515 Å². The molecule has 0 aliphatic rings. The Morgan fingerprint density at radius 2 is 0.470 bits per heavy atom. The van der Waals surface area contributed by atoms with Crippen LogP contribution in [0.25, 0.3) is 0 Å². The molecule has 0 aliphatic carbocycles. The molecule has 0 saturated heterocycles. The van der Waals surface area contributed by atoms with E-state index >= 15 is 0 Å². The number of hydrogen-bond donors (Lipinski definition) is 0. The molecule has 0 saturated carbocycles. The van der Waals surface area contributed by atoms with Gasteiger partial charge in [-0.25, -0.2) is 0 Å². The highest BCUT2D eigenvalue weighted by Crippen LogP contribution is 2.18. The lowest BCUT2D eigenvalue weighted by molar-refractivity contribution is -0.167. The van der Waals surface area contributed by atoms with Crippen LogP contribution in [0.2, 0.25) is 0 Å². The van der Waals surface area contributed by atoms with Gasteiger partial charge in [0.05, 0.1) is 0 Å². The van der Waals surface area contributed by atoms with E-state index < -0.39 is 6.10 Å². The summed E-state index contributed by atoms with van der Waals surface area (Å²) in [5.41, 5.74) is 0. The third kappa shape index (κ3) is 69.0. The minimum absolute atomic E-state index is 0.0843. The normalized spacial score (nSPS) is 12.7. The van der Waals surface area contributed by atoms with E-state index in [1.165, 1.54) is 205 Å². The number of esters is 3. The third-order valence-corrected chi connectivity index (χ3v) is 15.6. The van der Waals surface area contributed by atoms with Crippen molar-refractivity contribution in [3.8, 4) is 0 Å². The van der Waals surface area contributed by atoms with Gasteiger partial charge in [0.1, 0.15) is 13.2 Å². The van der Waals surface area contributed by atoms with Crippen molar-refractivity contribution in [3.05, 3.63) is 97.2 Å². The van der Waals surface area contributed by atoms with E-state index in [0.29, 0.717) is 19.3 Å². The van der Waals surface area contributed by atoms with E-state index in [1.807, 2.05) is 0 Å². The lowest BCUT2D eigenvalue weighted by atomic mass is 10.0. The second-order valence-electron chi connectivity index (χ2n) is 23.7. The van der Waals surface area contributed by atoms with Crippen LogP contribution in [-0.4, -0.2) is 37.2 Å². The Morgan fingerprint density at radius 1 is 0.253 bits per heavy atom. The molecule has 0 spiro atoms. The lowest BCUT2D eigenvalue weighted by Gasteiger charge is -2.18. The molecular formula is C77H134O6. The van der Waals surface area contributed by atoms with Crippen LogP contribution >= 0.6 is 0 Å². The summed E-state index contributed by atoms with van der Waals surface area (Å²) in [5, 5.41) is 0. The van der Waals surface area contributed by atoms with E-state index in [1.54, 1.807) is 0 Å². The fourth-order valence-corrected chi connectivity index (χ4v) is 10.3. The highest BCUT2D eigenvalue weighted by molar-refractivity contribution is 5.71. The fraction of sp³-hybridized carbons (Fsp3) is 0.753. The summed E-state index contributed by atoms with van der Waals surface area (Å²) in [4.78, 5) is 38.4. The van der Waals surface area contributed by atoms with Crippen molar-refractivity contribution in [1.29, 1.82) is 0 Å². The van der Waals surface area contributed by atoms with Crippen molar-refractivity contribution in [2.24, 2.45) is 0 Å².